The summed E-state index contributed by atoms with van der Waals surface area (Å²) in [7, 11) is 0. The molecule has 0 aliphatic rings. The van der Waals surface area contributed by atoms with Gasteiger partial charge in [-0.15, -0.1) is 11.6 Å². The number of carbonyl (C=O) groups is 1. The van der Waals surface area contributed by atoms with Crippen molar-refractivity contribution in [2.75, 3.05) is 17.3 Å². The van der Waals surface area contributed by atoms with E-state index in [1.807, 2.05) is 0 Å². The van der Waals surface area contributed by atoms with Crippen LogP contribution in [-0.4, -0.2) is 18.5 Å². The van der Waals surface area contributed by atoms with E-state index in [4.69, 9.17) is 17.3 Å². The molecule has 0 fully saturated rings. The van der Waals surface area contributed by atoms with Gasteiger partial charge < -0.3 is 5.73 Å². The van der Waals surface area contributed by atoms with E-state index in [1.165, 1.54) is 12.1 Å². The summed E-state index contributed by atoms with van der Waals surface area (Å²) in [6.07, 6.45) is 0. The highest BCUT2D eigenvalue weighted by molar-refractivity contribution is 9.10. The predicted octanol–water partition coefficient (Wildman–Crippen LogP) is 2.71. The van der Waals surface area contributed by atoms with Crippen molar-refractivity contribution in [2.45, 2.75) is 0 Å². The van der Waals surface area contributed by atoms with E-state index in [2.05, 4.69) is 15.9 Å². The summed E-state index contributed by atoms with van der Waals surface area (Å²) in [5, 5.41) is 0. The Balaban J connectivity index is 3.05. The van der Waals surface area contributed by atoms with Crippen molar-refractivity contribution in [3.63, 3.8) is 0 Å². The van der Waals surface area contributed by atoms with Crippen molar-refractivity contribution < 1.29 is 9.18 Å². The molecule has 15 heavy (non-hydrogen) atoms. The second-order valence-electron chi connectivity index (χ2n) is 2.77. The minimum atomic E-state index is -0.725. The van der Waals surface area contributed by atoms with Crippen LogP contribution in [0.25, 0.3) is 0 Å². The van der Waals surface area contributed by atoms with E-state index in [0.29, 0.717) is 4.47 Å². The average molecular weight is 296 g/mol. The smallest absolute Gasteiger partial charge is 0.319 e. The van der Waals surface area contributed by atoms with Crippen molar-refractivity contribution in [2.24, 2.45) is 5.73 Å². The predicted molar refractivity (Wildman–Crippen MR) is 61.7 cm³/mol. The maximum Gasteiger partial charge on any atom is 0.319 e. The van der Waals surface area contributed by atoms with Gasteiger partial charge in [0.15, 0.2) is 0 Å². The molecule has 0 radical (unpaired) electrons. The lowest BCUT2D eigenvalue weighted by Crippen LogP contribution is -2.37. The van der Waals surface area contributed by atoms with Crippen LogP contribution >= 0.6 is 27.5 Å². The van der Waals surface area contributed by atoms with Crippen LogP contribution in [0.4, 0.5) is 14.9 Å². The Morgan fingerprint density at radius 1 is 1.60 bits per heavy atom. The number of halogens is 3. The Morgan fingerprint density at radius 3 is 2.73 bits per heavy atom. The van der Waals surface area contributed by atoms with Gasteiger partial charge >= 0.3 is 6.03 Å². The number of hydrogen-bond donors (Lipinski definition) is 1. The first-order chi connectivity index (χ1) is 7.06. The molecule has 1 aromatic carbocycles. The number of primary amides is 1. The van der Waals surface area contributed by atoms with Gasteiger partial charge in [0, 0.05) is 16.9 Å². The molecule has 6 heteroatoms. The number of hydrogen-bond acceptors (Lipinski definition) is 1. The van der Waals surface area contributed by atoms with Gasteiger partial charge in [0.05, 0.1) is 5.69 Å². The SMILES string of the molecule is NC(=O)N(CCCl)c1ccc(Br)cc1F. The van der Waals surface area contributed by atoms with Crippen LogP contribution in [0.3, 0.4) is 0 Å². The standard InChI is InChI=1S/C9H9BrClFN2O/c10-6-1-2-8(7(12)5-6)14(4-3-11)9(13)15/h1-2,5H,3-4H2,(H2,13,15). The third-order valence-corrected chi connectivity index (χ3v) is 2.44. The van der Waals surface area contributed by atoms with Crippen molar-refractivity contribution in [1.82, 2.24) is 0 Å². The summed E-state index contributed by atoms with van der Waals surface area (Å²) in [4.78, 5) is 12.1. The van der Waals surface area contributed by atoms with Crippen LogP contribution in [0.2, 0.25) is 0 Å². The molecule has 0 saturated carbocycles. The van der Waals surface area contributed by atoms with Gasteiger partial charge in [-0.2, -0.15) is 0 Å². The van der Waals surface area contributed by atoms with Gasteiger partial charge in [-0.25, -0.2) is 9.18 Å². The number of carbonyl (C=O) groups excluding carboxylic acids is 1. The van der Waals surface area contributed by atoms with Crippen molar-refractivity contribution >= 4 is 39.2 Å². The summed E-state index contributed by atoms with van der Waals surface area (Å²) in [6, 6.07) is 3.63. The number of rotatable bonds is 3. The van der Waals surface area contributed by atoms with E-state index < -0.39 is 11.8 Å². The van der Waals surface area contributed by atoms with Crippen molar-refractivity contribution in [3.05, 3.63) is 28.5 Å². The molecule has 0 heterocycles. The lowest BCUT2D eigenvalue weighted by atomic mass is 10.3. The Bertz CT molecular complexity index is 375. The second-order valence-corrected chi connectivity index (χ2v) is 4.07. The fourth-order valence-electron chi connectivity index (χ4n) is 1.13. The highest BCUT2D eigenvalue weighted by Gasteiger charge is 2.15. The van der Waals surface area contributed by atoms with E-state index in [0.717, 1.165) is 4.90 Å². The maximum absolute atomic E-state index is 13.5. The second kappa shape index (κ2) is 5.32. The van der Waals surface area contributed by atoms with Crippen LogP contribution in [-0.2, 0) is 0 Å². The maximum atomic E-state index is 13.5. The van der Waals surface area contributed by atoms with Gasteiger partial charge in [-0.3, -0.25) is 4.90 Å². The molecular formula is C9H9BrClFN2O. The topological polar surface area (TPSA) is 46.3 Å². The summed E-state index contributed by atoms with van der Waals surface area (Å²) >= 11 is 8.61. The Hall–Kier alpha value is -0.810. The Kier molecular flexibility index (Phi) is 4.35. The van der Waals surface area contributed by atoms with Gasteiger partial charge in [-0.05, 0) is 18.2 Å². The molecule has 0 unspecified atom stereocenters. The number of nitrogens with two attached hydrogens (primary N) is 1. The molecule has 2 N–H and O–H groups in total. The highest BCUT2D eigenvalue weighted by atomic mass is 79.9. The van der Waals surface area contributed by atoms with Crippen molar-refractivity contribution in [1.29, 1.82) is 0 Å². The first kappa shape index (κ1) is 12.3. The third kappa shape index (κ3) is 3.07. The normalized spacial score (nSPS) is 10.1. The molecule has 0 saturated heterocycles. The van der Waals surface area contributed by atoms with Gasteiger partial charge in [0.25, 0.3) is 0 Å². The minimum Gasteiger partial charge on any atom is -0.351 e. The van der Waals surface area contributed by atoms with Crippen LogP contribution in [0.15, 0.2) is 22.7 Å². The number of amides is 2. The summed E-state index contributed by atoms with van der Waals surface area (Å²) in [5.74, 6) is -0.327. The zero-order valence-electron chi connectivity index (χ0n) is 7.71. The molecule has 0 spiro atoms. The van der Waals surface area contributed by atoms with Crippen LogP contribution in [0.5, 0.6) is 0 Å². The molecule has 0 bridgehead atoms. The lowest BCUT2D eigenvalue weighted by molar-refractivity contribution is 0.254. The number of anilines is 1. The van der Waals surface area contributed by atoms with Gasteiger partial charge in [0.1, 0.15) is 5.82 Å². The third-order valence-electron chi connectivity index (χ3n) is 1.77. The van der Waals surface area contributed by atoms with E-state index in [-0.39, 0.29) is 18.1 Å². The molecule has 2 amide bonds. The first-order valence-corrected chi connectivity index (χ1v) is 5.47. The van der Waals surface area contributed by atoms with E-state index in [9.17, 15) is 9.18 Å². The van der Waals surface area contributed by atoms with E-state index in [1.54, 1.807) is 6.07 Å². The fraction of sp³-hybridized carbons (Fsp3) is 0.222. The van der Waals surface area contributed by atoms with Crippen molar-refractivity contribution in [3.8, 4) is 0 Å². The number of nitrogens with zero attached hydrogens (tertiary/aromatic N) is 1. The number of alkyl halides is 1. The van der Waals surface area contributed by atoms with Crippen LogP contribution < -0.4 is 10.6 Å². The average Bonchev–Trinajstić information content (AvgIpc) is 2.15. The summed E-state index contributed by atoms with van der Waals surface area (Å²) in [6.45, 7) is 0.176. The molecular weight excluding hydrogens is 286 g/mol. The Labute approximate surface area is 100 Å². The lowest BCUT2D eigenvalue weighted by Gasteiger charge is -2.19. The number of benzene rings is 1. The van der Waals surface area contributed by atoms with Gasteiger partial charge in [-0.1, -0.05) is 15.9 Å². The minimum absolute atomic E-state index is 0.131. The molecule has 1 aromatic rings. The number of urea groups is 1. The molecule has 0 aromatic heterocycles. The van der Waals surface area contributed by atoms with Crippen LogP contribution in [0.1, 0.15) is 0 Å². The largest absolute Gasteiger partial charge is 0.351 e. The first-order valence-electron chi connectivity index (χ1n) is 4.14. The van der Waals surface area contributed by atoms with Gasteiger partial charge in [0.2, 0.25) is 0 Å². The zero-order chi connectivity index (χ0) is 11.4. The molecule has 82 valence electrons. The molecule has 0 aliphatic heterocycles. The summed E-state index contributed by atoms with van der Waals surface area (Å²) < 4.78 is 14.1. The molecule has 1 rings (SSSR count). The highest BCUT2D eigenvalue weighted by Crippen LogP contribution is 2.22. The zero-order valence-corrected chi connectivity index (χ0v) is 10.1. The molecule has 3 nitrogen and oxygen atoms in total. The fourth-order valence-corrected chi connectivity index (χ4v) is 1.64. The Morgan fingerprint density at radius 2 is 2.27 bits per heavy atom. The van der Waals surface area contributed by atoms with E-state index >= 15 is 0 Å². The molecule has 0 aliphatic carbocycles. The monoisotopic (exact) mass is 294 g/mol. The van der Waals surface area contributed by atoms with Crippen LogP contribution in [0, 0.1) is 5.82 Å². The summed E-state index contributed by atoms with van der Waals surface area (Å²) in [5.41, 5.74) is 5.24. The quantitative estimate of drug-likeness (QED) is 0.856. The molecule has 0 atom stereocenters.